The van der Waals surface area contributed by atoms with E-state index < -0.39 is 9.84 Å². The van der Waals surface area contributed by atoms with E-state index in [2.05, 4.69) is 33.0 Å². The predicted molar refractivity (Wildman–Crippen MR) is 112 cm³/mol. The molecule has 1 aliphatic rings. The highest BCUT2D eigenvalue weighted by atomic mass is 127. The maximum Gasteiger partial charge on any atom is 0.257 e. The summed E-state index contributed by atoms with van der Waals surface area (Å²) in [5.74, 6) is -0.0947. The van der Waals surface area contributed by atoms with Crippen LogP contribution in [-0.2, 0) is 21.3 Å². The van der Waals surface area contributed by atoms with Gasteiger partial charge in [-0.25, -0.2) is 13.1 Å². The lowest BCUT2D eigenvalue weighted by atomic mass is 10.2. The van der Waals surface area contributed by atoms with E-state index in [1.54, 1.807) is 16.8 Å². The lowest BCUT2D eigenvalue weighted by Gasteiger charge is -2.12. The molecule has 0 fully saturated rings. The molecule has 2 aromatic carbocycles. The Morgan fingerprint density at radius 1 is 1.11 bits per heavy atom. The maximum atomic E-state index is 12.8. The predicted octanol–water partition coefficient (Wildman–Crippen LogP) is 3.47. The molecule has 0 spiro atoms. The number of benzene rings is 2. The van der Waals surface area contributed by atoms with E-state index in [0.717, 1.165) is 14.8 Å². The van der Waals surface area contributed by atoms with Crippen LogP contribution in [0.4, 0.5) is 5.82 Å². The second kappa shape index (κ2) is 6.75. The normalized spacial score (nSPS) is 14.7. The van der Waals surface area contributed by atoms with E-state index in [1.807, 2.05) is 43.3 Å². The Balaban J connectivity index is 1.80. The van der Waals surface area contributed by atoms with E-state index in [4.69, 9.17) is 0 Å². The van der Waals surface area contributed by atoms with Crippen molar-refractivity contribution in [3.8, 4) is 5.69 Å². The summed E-state index contributed by atoms with van der Waals surface area (Å²) in [5, 5.41) is 7.37. The van der Waals surface area contributed by atoms with Crippen LogP contribution in [0.15, 0.2) is 48.5 Å². The van der Waals surface area contributed by atoms with E-state index in [-0.39, 0.29) is 17.4 Å². The van der Waals surface area contributed by atoms with Crippen LogP contribution >= 0.6 is 22.6 Å². The molecule has 8 heteroatoms. The average molecular weight is 493 g/mol. The Kier molecular flexibility index (Phi) is 4.55. The number of amides is 1. The smallest absolute Gasteiger partial charge is 0.257 e. The monoisotopic (exact) mass is 493 g/mol. The first-order valence-electron chi connectivity index (χ1n) is 8.28. The summed E-state index contributed by atoms with van der Waals surface area (Å²) in [6.45, 7) is 1.99. The van der Waals surface area contributed by atoms with Crippen molar-refractivity contribution in [2.75, 3.05) is 5.32 Å². The zero-order chi connectivity index (χ0) is 19.2. The minimum atomic E-state index is -3.23. The van der Waals surface area contributed by atoms with Crippen molar-refractivity contribution in [2.24, 2.45) is 0 Å². The van der Waals surface area contributed by atoms with E-state index >= 15 is 0 Å². The first-order valence-corrected chi connectivity index (χ1v) is 11.2. The lowest BCUT2D eigenvalue weighted by molar-refractivity contribution is 0.102. The standard InChI is InChI=1S/C19H16IN3O3S/c1-12-6-8-13(9-7-12)23-18(15-10-27(25,26)11-17(15)22-23)21-19(24)14-4-2-3-5-16(14)20/h2-9H,10-11H2,1H3,(H,21,24). The van der Waals surface area contributed by atoms with Crippen LogP contribution in [0, 0.1) is 10.5 Å². The van der Waals surface area contributed by atoms with Crippen molar-refractivity contribution in [3.63, 3.8) is 0 Å². The Bertz CT molecular complexity index is 1150. The summed E-state index contributed by atoms with van der Waals surface area (Å²) in [5.41, 5.74) is 3.46. The SMILES string of the molecule is Cc1ccc(-n2nc3c(c2NC(=O)c2ccccc2I)CS(=O)(=O)C3)cc1. The van der Waals surface area contributed by atoms with E-state index in [1.165, 1.54) is 0 Å². The van der Waals surface area contributed by atoms with Crippen molar-refractivity contribution in [3.05, 3.63) is 74.5 Å². The number of carbonyl (C=O) groups is 1. The number of anilines is 1. The summed E-state index contributed by atoms with van der Waals surface area (Å²) in [7, 11) is -3.23. The molecule has 0 radical (unpaired) electrons. The van der Waals surface area contributed by atoms with Gasteiger partial charge in [0.2, 0.25) is 0 Å². The van der Waals surface area contributed by atoms with Gasteiger partial charge in [0.15, 0.2) is 9.84 Å². The fraction of sp³-hybridized carbons (Fsp3) is 0.158. The fourth-order valence-corrected chi connectivity index (χ4v) is 5.19. The number of hydrogen-bond donors (Lipinski definition) is 1. The number of halogens is 1. The number of aromatic nitrogens is 2. The minimum absolute atomic E-state index is 0.104. The van der Waals surface area contributed by atoms with Crippen molar-refractivity contribution >= 4 is 44.2 Å². The first kappa shape index (κ1) is 18.2. The highest BCUT2D eigenvalue weighted by Crippen LogP contribution is 2.33. The summed E-state index contributed by atoms with van der Waals surface area (Å²) < 4.78 is 26.5. The van der Waals surface area contributed by atoms with Crippen LogP contribution in [0.3, 0.4) is 0 Å². The van der Waals surface area contributed by atoms with Gasteiger partial charge in [0.25, 0.3) is 5.91 Å². The molecule has 0 saturated carbocycles. The van der Waals surface area contributed by atoms with Crippen LogP contribution < -0.4 is 5.32 Å². The Morgan fingerprint density at radius 2 is 1.81 bits per heavy atom. The quantitative estimate of drug-likeness (QED) is 0.567. The van der Waals surface area contributed by atoms with Crippen LogP contribution in [0.2, 0.25) is 0 Å². The maximum absolute atomic E-state index is 12.8. The number of nitrogens with one attached hydrogen (secondary N) is 1. The van der Waals surface area contributed by atoms with Gasteiger partial charge in [-0.3, -0.25) is 4.79 Å². The largest absolute Gasteiger partial charge is 0.306 e. The van der Waals surface area contributed by atoms with Crippen molar-refractivity contribution in [1.82, 2.24) is 9.78 Å². The van der Waals surface area contributed by atoms with Crippen LogP contribution in [0.1, 0.15) is 27.2 Å². The molecule has 0 saturated heterocycles. The molecule has 4 rings (SSSR count). The lowest BCUT2D eigenvalue weighted by Crippen LogP contribution is -2.18. The summed E-state index contributed by atoms with van der Waals surface area (Å²) in [6, 6.07) is 14.9. The first-order chi connectivity index (χ1) is 12.8. The number of rotatable bonds is 3. The van der Waals surface area contributed by atoms with Gasteiger partial charge < -0.3 is 5.32 Å². The number of sulfone groups is 1. The second-order valence-corrected chi connectivity index (χ2v) is 9.71. The molecule has 27 heavy (non-hydrogen) atoms. The van der Waals surface area contributed by atoms with Crippen LogP contribution in [-0.4, -0.2) is 24.1 Å². The minimum Gasteiger partial charge on any atom is -0.306 e. The third-order valence-corrected chi connectivity index (χ3v) is 6.80. The summed E-state index contributed by atoms with van der Waals surface area (Å²) in [4.78, 5) is 12.8. The van der Waals surface area contributed by atoms with Crippen molar-refractivity contribution in [2.45, 2.75) is 18.4 Å². The Labute approximate surface area is 170 Å². The molecule has 2 heterocycles. The average Bonchev–Trinajstić information content (AvgIpc) is 3.09. The molecule has 0 unspecified atom stereocenters. The molecular weight excluding hydrogens is 477 g/mol. The molecule has 1 N–H and O–H groups in total. The molecule has 0 bridgehead atoms. The van der Waals surface area contributed by atoms with E-state index in [0.29, 0.717) is 22.6 Å². The molecule has 0 atom stereocenters. The third kappa shape index (κ3) is 3.51. The van der Waals surface area contributed by atoms with Gasteiger partial charge in [-0.05, 0) is 53.8 Å². The molecule has 0 aliphatic carbocycles. The van der Waals surface area contributed by atoms with Gasteiger partial charge in [-0.2, -0.15) is 5.10 Å². The molecular formula is C19H16IN3O3S. The molecule has 3 aromatic rings. The van der Waals surface area contributed by atoms with Gasteiger partial charge in [0.05, 0.1) is 28.5 Å². The molecule has 1 aliphatic heterocycles. The topological polar surface area (TPSA) is 81.1 Å². The van der Waals surface area contributed by atoms with Crippen LogP contribution in [0.25, 0.3) is 5.69 Å². The summed E-state index contributed by atoms with van der Waals surface area (Å²) >= 11 is 2.10. The fourth-order valence-electron chi connectivity index (χ4n) is 3.06. The number of aryl methyl sites for hydroxylation is 1. The highest BCUT2D eigenvalue weighted by molar-refractivity contribution is 14.1. The Morgan fingerprint density at radius 3 is 2.52 bits per heavy atom. The molecule has 138 valence electrons. The zero-order valence-corrected chi connectivity index (χ0v) is 17.4. The highest BCUT2D eigenvalue weighted by Gasteiger charge is 2.33. The molecule has 1 aromatic heterocycles. The van der Waals surface area contributed by atoms with E-state index in [9.17, 15) is 13.2 Å². The number of hydrogen-bond acceptors (Lipinski definition) is 4. The Hall–Kier alpha value is -2.20. The third-order valence-electron chi connectivity index (χ3n) is 4.42. The molecule has 1 amide bonds. The van der Waals surface area contributed by atoms with Gasteiger partial charge in [0, 0.05) is 9.13 Å². The van der Waals surface area contributed by atoms with Gasteiger partial charge >= 0.3 is 0 Å². The number of nitrogens with zero attached hydrogens (tertiary/aromatic N) is 2. The number of fused-ring (bicyclic) bond motifs is 1. The summed E-state index contributed by atoms with van der Waals surface area (Å²) in [6.07, 6.45) is 0. The molecule has 6 nitrogen and oxygen atoms in total. The zero-order valence-electron chi connectivity index (χ0n) is 14.4. The van der Waals surface area contributed by atoms with Crippen LogP contribution in [0.5, 0.6) is 0 Å². The van der Waals surface area contributed by atoms with Crippen molar-refractivity contribution < 1.29 is 13.2 Å². The van der Waals surface area contributed by atoms with Gasteiger partial charge in [-0.1, -0.05) is 29.8 Å². The van der Waals surface area contributed by atoms with Gasteiger partial charge in [0.1, 0.15) is 5.82 Å². The van der Waals surface area contributed by atoms with Gasteiger partial charge in [-0.15, -0.1) is 0 Å². The van der Waals surface area contributed by atoms with Crippen molar-refractivity contribution in [1.29, 1.82) is 0 Å². The second-order valence-electron chi connectivity index (χ2n) is 6.49. The number of carbonyl (C=O) groups excluding carboxylic acids is 1.